The first-order valence-electron chi connectivity index (χ1n) is 6.21. The summed E-state index contributed by atoms with van der Waals surface area (Å²) in [5.74, 6) is 0.408. The van der Waals surface area contributed by atoms with E-state index in [2.05, 4.69) is 15.6 Å². The van der Waals surface area contributed by atoms with Crippen LogP contribution in [0.5, 0.6) is 0 Å². The molecular formula is C13H21N3O3. The summed E-state index contributed by atoms with van der Waals surface area (Å²) in [6, 6.07) is 3.47. The van der Waals surface area contributed by atoms with Crippen LogP contribution in [0, 0.1) is 0 Å². The first-order valence-corrected chi connectivity index (χ1v) is 6.21. The minimum atomic E-state index is -0.179. The largest absolute Gasteiger partial charge is 0.382 e. The highest BCUT2D eigenvalue weighted by Gasteiger charge is 2.14. The summed E-state index contributed by atoms with van der Waals surface area (Å²) in [5, 5.41) is 5.87. The number of methoxy groups -OCH3 is 2. The molecule has 1 aromatic rings. The quantitative estimate of drug-likeness (QED) is 0.732. The summed E-state index contributed by atoms with van der Waals surface area (Å²) < 4.78 is 10.2. The van der Waals surface area contributed by atoms with Gasteiger partial charge in [-0.05, 0) is 19.1 Å². The number of rotatable bonds is 8. The van der Waals surface area contributed by atoms with Crippen LogP contribution < -0.4 is 10.6 Å². The molecule has 1 rings (SSSR count). The maximum Gasteiger partial charge on any atom is 0.255 e. The molecule has 1 heterocycles. The smallest absolute Gasteiger partial charge is 0.255 e. The van der Waals surface area contributed by atoms with Crippen LogP contribution in [0.2, 0.25) is 0 Å². The third-order valence-electron chi connectivity index (χ3n) is 2.57. The van der Waals surface area contributed by atoms with Crippen LogP contribution in [0.25, 0.3) is 0 Å². The molecule has 6 nitrogen and oxygen atoms in total. The summed E-state index contributed by atoms with van der Waals surface area (Å²) in [6.07, 6.45) is 1.49. The molecule has 0 spiro atoms. The van der Waals surface area contributed by atoms with Gasteiger partial charge in [-0.3, -0.25) is 4.79 Å². The van der Waals surface area contributed by atoms with Gasteiger partial charge >= 0.3 is 0 Å². The Kier molecular flexibility index (Phi) is 6.84. The van der Waals surface area contributed by atoms with Crippen molar-refractivity contribution in [3.8, 4) is 0 Å². The van der Waals surface area contributed by atoms with E-state index < -0.39 is 0 Å². The molecule has 0 aliphatic carbocycles. The Morgan fingerprint density at radius 2 is 2.26 bits per heavy atom. The van der Waals surface area contributed by atoms with Gasteiger partial charge in [0.2, 0.25) is 0 Å². The van der Waals surface area contributed by atoms with Gasteiger partial charge < -0.3 is 20.1 Å². The Hall–Kier alpha value is -1.66. The lowest BCUT2D eigenvalue weighted by Crippen LogP contribution is -2.36. The number of pyridine rings is 1. The summed E-state index contributed by atoms with van der Waals surface area (Å²) in [4.78, 5) is 16.2. The van der Waals surface area contributed by atoms with Gasteiger partial charge in [0.05, 0.1) is 18.3 Å². The molecule has 2 N–H and O–H groups in total. The van der Waals surface area contributed by atoms with Gasteiger partial charge in [0, 0.05) is 33.5 Å². The van der Waals surface area contributed by atoms with Crippen LogP contribution in [0.15, 0.2) is 18.3 Å². The molecule has 1 atom stereocenters. The van der Waals surface area contributed by atoms with Crippen LogP contribution in [0.4, 0.5) is 5.82 Å². The number of carbonyl (C=O) groups is 1. The van der Waals surface area contributed by atoms with Gasteiger partial charge in [0.25, 0.3) is 5.91 Å². The maximum atomic E-state index is 12.1. The minimum absolute atomic E-state index is 0.159. The molecular weight excluding hydrogens is 246 g/mol. The van der Waals surface area contributed by atoms with E-state index in [1.165, 1.54) is 0 Å². The summed E-state index contributed by atoms with van der Waals surface area (Å²) >= 11 is 0. The van der Waals surface area contributed by atoms with Crippen molar-refractivity contribution in [2.24, 2.45) is 0 Å². The zero-order chi connectivity index (χ0) is 14.1. The lowest BCUT2D eigenvalue weighted by atomic mass is 10.2. The molecule has 0 aromatic carbocycles. The van der Waals surface area contributed by atoms with Crippen molar-refractivity contribution in [1.82, 2.24) is 10.3 Å². The molecule has 0 bridgehead atoms. The number of nitrogens with one attached hydrogen (secondary N) is 2. The average Bonchev–Trinajstić information content (AvgIpc) is 2.44. The van der Waals surface area contributed by atoms with E-state index in [1.54, 1.807) is 32.5 Å². The third kappa shape index (κ3) is 4.84. The van der Waals surface area contributed by atoms with Crippen LogP contribution >= 0.6 is 0 Å². The van der Waals surface area contributed by atoms with Gasteiger partial charge in [-0.2, -0.15) is 0 Å². The zero-order valence-corrected chi connectivity index (χ0v) is 11.6. The Morgan fingerprint density at radius 3 is 2.89 bits per heavy atom. The fourth-order valence-electron chi connectivity index (χ4n) is 1.59. The van der Waals surface area contributed by atoms with Crippen molar-refractivity contribution in [3.05, 3.63) is 23.9 Å². The summed E-state index contributed by atoms with van der Waals surface area (Å²) in [7, 11) is 3.18. The van der Waals surface area contributed by atoms with E-state index in [1.807, 2.05) is 6.92 Å². The van der Waals surface area contributed by atoms with Crippen LogP contribution in [-0.4, -0.2) is 50.9 Å². The predicted octanol–water partition coefficient (Wildman–Crippen LogP) is 0.905. The Morgan fingerprint density at radius 1 is 1.47 bits per heavy atom. The van der Waals surface area contributed by atoms with Crippen LogP contribution in [0.3, 0.4) is 0 Å². The number of carbonyl (C=O) groups excluding carboxylic acids is 1. The highest BCUT2D eigenvalue weighted by atomic mass is 16.5. The second kappa shape index (κ2) is 8.44. The normalized spacial score (nSPS) is 11.9. The van der Waals surface area contributed by atoms with E-state index in [0.717, 1.165) is 0 Å². The number of anilines is 1. The third-order valence-corrected chi connectivity index (χ3v) is 2.57. The van der Waals surface area contributed by atoms with Gasteiger partial charge in [-0.15, -0.1) is 0 Å². The lowest BCUT2D eigenvalue weighted by Gasteiger charge is -2.15. The molecule has 0 saturated carbocycles. The van der Waals surface area contributed by atoms with Crippen molar-refractivity contribution in [2.45, 2.75) is 13.0 Å². The van der Waals surface area contributed by atoms with Crippen molar-refractivity contribution >= 4 is 11.7 Å². The Labute approximate surface area is 113 Å². The van der Waals surface area contributed by atoms with Crippen LogP contribution in [0.1, 0.15) is 17.3 Å². The predicted molar refractivity (Wildman–Crippen MR) is 73.4 cm³/mol. The van der Waals surface area contributed by atoms with E-state index in [-0.39, 0.29) is 12.0 Å². The second-order valence-corrected chi connectivity index (χ2v) is 3.95. The second-order valence-electron chi connectivity index (χ2n) is 3.95. The molecule has 1 unspecified atom stereocenters. The maximum absolute atomic E-state index is 12.1. The molecule has 0 radical (unpaired) electrons. The van der Waals surface area contributed by atoms with Gasteiger partial charge in [-0.1, -0.05) is 0 Å². The van der Waals surface area contributed by atoms with Gasteiger partial charge in [0.15, 0.2) is 0 Å². The Bertz CT molecular complexity index is 398. The van der Waals surface area contributed by atoms with E-state index >= 15 is 0 Å². The number of amides is 1. The molecule has 106 valence electrons. The summed E-state index contributed by atoms with van der Waals surface area (Å²) in [6.45, 7) is 3.49. The van der Waals surface area contributed by atoms with E-state index in [9.17, 15) is 4.79 Å². The molecule has 19 heavy (non-hydrogen) atoms. The molecule has 1 aromatic heterocycles. The van der Waals surface area contributed by atoms with Crippen molar-refractivity contribution < 1.29 is 14.3 Å². The van der Waals surface area contributed by atoms with E-state index in [0.29, 0.717) is 31.1 Å². The van der Waals surface area contributed by atoms with Gasteiger partial charge in [-0.25, -0.2) is 4.98 Å². The first kappa shape index (κ1) is 15.4. The molecule has 1 amide bonds. The highest BCUT2D eigenvalue weighted by Crippen LogP contribution is 2.10. The molecule has 0 saturated heterocycles. The number of aromatic nitrogens is 1. The number of nitrogens with zero attached hydrogens (tertiary/aromatic N) is 1. The molecule has 0 aliphatic rings. The van der Waals surface area contributed by atoms with Crippen molar-refractivity contribution in [2.75, 3.05) is 39.2 Å². The number of ether oxygens (including phenoxy) is 2. The SMILES string of the molecule is CCNc1ncccc1C(=O)NCC(COC)OC. The molecule has 6 heteroatoms. The number of hydrogen-bond donors (Lipinski definition) is 2. The van der Waals surface area contributed by atoms with Crippen molar-refractivity contribution in [1.29, 1.82) is 0 Å². The molecule has 0 aliphatic heterocycles. The summed E-state index contributed by atoms with van der Waals surface area (Å²) in [5.41, 5.74) is 0.525. The lowest BCUT2D eigenvalue weighted by molar-refractivity contribution is 0.0285. The molecule has 0 fully saturated rings. The fourth-order valence-corrected chi connectivity index (χ4v) is 1.59. The fraction of sp³-hybridized carbons (Fsp3) is 0.538. The van der Waals surface area contributed by atoms with Crippen LogP contribution in [-0.2, 0) is 9.47 Å². The standard InChI is InChI=1S/C13H21N3O3/c1-4-14-12-11(6-5-7-15-12)13(17)16-8-10(19-3)9-18-2/h5-7,10H,4,8-9H2,1-3H3,(H,14,15)(H,16,17). The van der Waals surface area contributed by atoms with E-state index in [4.69, 9.17) is 9.47 Å². The average molecular weight is 267 g/mol. The minimum Gasteiger partial charge on any atom is -0.382 e. The van der Waals surface area contributed by atoms with Gasteiger partial charge in [0.1, 0.15) is 5.82 Å². The topological polar surface area (TPSA) is 72.5 Å². The van der Waals surface area contributed by atoms with Crippen molar-refractivity contribution in [3.63, 3.8) is 0 Å². The highest BCUT2D eigenvalue weighted by molar-refractivity contribution is 5.98. The Balaban J connectivity index is 2.62. The number of hydrogen-bond acceptors (Lipinski definition) is 5. The zero-order valence-electron chi connectivity index (χ0n) is 11.6. The first-order chi connectivity index (χ1) is 9.22. The monoisotopic (exact) mass is 267 g/mol.